The van der Waals surface area contributed by atoms with E-state index < -0.39 is 0 Å². The summed E-state index contributed by atoms with van der Waals surface area (Å²) in [5, 5.41) is 3.71. The largest absolute Gasteiger partial charge is 0.380 e. The fourth-order valence-corrected chi connectivity index (χ4v) is 3.52. The Bertz CT molecular complexity index is 235. The van der Waals surface area contributed by atoms with Crippen LogP contribution in [0.5, 0.6) is 0 Å². The van der Waals surface area contributed by atoms with Gasteiger partial charge in [-0.2, -0.15) is 0 Å². The topological polar surface area (TPSA) is 24.5 Å². The number of hydrogen-bond acceptors (Lipinski definition) is 3. The van der Waals surface area contributed by atoms with Gasteiger partial charge in [-0.1, -0.05) is 13.3 Å². The van der Waals surface area contributed by atoms with Crippen LogP contribution in [0.1, 0.15) is 51.9 Å². The number of methoxy groups -OCH3 is 1. The normalized spacial score (nSPS) is 34.7. The van der Waals surface area contributed by atoms with E-state index in [1.54, 1.807) is 0 Å². The third-order valence-electron chi connectivity index (χ3n) is 4.59. The maximum Gasteiger partial charge on any atom is 0.0698 e. The van der Waals surface area contributed by atoms with Gasteiger partial charge >= 0.3 is 0 Å². The zero-order valence-corrected chi connectivity index (χ0v) is 12.2. The van der Waals surface area contributed by atoms with Crippen molar-refractivity contribution < 1.29 is 4.74 Å². The van der Waals surface area contributed by atoms with E-state index in [0.717, 1.165) is 18.6 Å². The first kappa shape index (κ1) is 14.3. The van der Waals surface area contributed by atoms with Crippen LogP contribution >= 0.6 is 0 Å². The Morgan fingerprint density at radius 3 is 2.89 bits per heavy atom. The van der Waals surface area contributed by atoms with Gasteiger partial charge in [0, 0.05) is 25.7 Å². The molecule has 3 unspecified atom stereocenters. The zero-order valence-electron chi connectivity index (χ0n) is 12.2. The Kier molecular flexibility index (Phi) is 5.93. The van der Waals surface area contributed by atoms with E-state index >= 15 is 0 Å². The van der Waals surface area contributed by atoms with E-state index in [0.29, 0.717) is 6.10 Å². The number of nitrogens with one attached hydrogen (secondary N) is 1. The van der Waals surface area contributed by atoms with Crippen LogP contribution in [-0.4, -0.2) is 49.8 Å². The monoisotopic (exact) mass is 254 g/mol. The standard InChI is InChI=1S/C15H30N2O/c1-3-9-16-13-6-4-7-14(11-13)17-10-5-8-15(12-17)18-2/h13-16H,3-12H2,1-2H3. The van der Waals surface area contributed by atoms with E-state index in [2.05, 4.69) is 17.1 Å². The maximum absolute atomic E-state index is 5.55. The molecule has 1 N–H and O–H groups in total. The number of ether oxygens (including phenoxy) is 1. The highest BCUT2D eigenvalue weighted by Gasteiger charge is 2.29. The Morgan fingerprint density at radius 1 is 1.22 bits per heavy atom. The third-order valence-corrected chi connectivity index (χ3v) is 4.59. The molecule has 0 spiro atoms. The number of nitrogens with zero attached hydrogens (tertiary/aromatic N) is 1. The summed E-state index contributed by atoms with van der Waals surface area (Å²) >= 11 is 0. The van der Waals surface area contributed by atoms with Gasteiger partial charge in [-0.05, 0) is 51.6 Å². The molecule has 106 valence electrons. The molecule has 0 aromatic rings. The van der Waals surface area contributed by atoms with Gasteiger partial charge in [0.25, 0.3) is 0 Å². The SMILES string of the molecule is CCCNC1CCCC(N2CCCC(OC)C2)C1. The molecule has 1 saturated heterocycles. The Hall–Kier alpha value is -0.120. The van der Waals surface area contributed by atoms with Gasteiger partial charge < -0.3 is 10.1 Å². The fraction of sp³-hybridized carbons (Fsp3) is 1.00. The number of rotatable bonds is 5. The molecule has 18 heavy (non-hydrogen) atoms. The zero-order chi connectivity index (χ0) is 12.8. The minimum absolute atomic E-state index is 0.475. The van der Waals surface area contributed by atoms with Crippen LogP contribution in [0.25, 0.3) is 0 Å². The van der Waals surface area contributed by atoms with Gasteiger partial charge in [-0.25, -0.2) is 0 Å². The number of likely N-dealkylation sites (tertiary alicyclic amines) is 1. The lowest BCUT2D eigenvalue weighted by molar-refractivity contribution is 0.00507. The average molecular weight is 254 g/mol. The van der Waals surface area contributed by atoms with Gasteiger partial charge in [0.15, 0.2) is 0 Å². The molecule has 0 aromatic carbocycles. The van der Waals surface area contributed by atoms with E-state index in [9.17, 15) is 0 Å². The van der Waals surface area contributed by atoms with E-state index in [1.165, 1.54) is 58.0 Å². The molecule has 2 aliphatic rings. The van der Waals surface area contributed by atoms with Gasteiger partial charge in [0.05, 0.1) is 6.10 Å². The molecule has 0 radical (unpaired) electrons. The van der Waals surface area contributed by atoms with Crippen molar-refractivity contribution in [2.45, 2.75) is 70.1 Å². The highest BCUT2D eigenvalue weighted by Crippen LogP contribution is 2.26. The maximum atomic E-state index is 5.55. The van der Waals surface area contributed by atoms with Gasteiger partial charge in [0.1, 0.15) is 0 Å². The number of piperidine rings is 1. The quantitative estimate of drug-likeness (QED) is 0.815. The van der Waals surface area contributed by atoms with Crippen molar-refractivity contribution >= 4 is 0 Å². The van der Waals surface area contributed by atoms with Crippen LogP contribution < -0.4 is 5.32 Å². The van der Waals surface area contributed by atoms with Crippen LogP contribution in [0.15, 0.2) is 0 Å². The third kappa shape index (κ3) is 3.94. The summed E-state index contributed by atoms with van der Waals surface area (Å²) in [5.74, 6) is 0. The lowest BCUT2D eigenvalue weighted by atomic mass is 9.88. The molecule has 0 aromatic heterocycles. The first-order chi connectivity index (χ1) is 8.83. The Labute approximate surface area is 112 Å². The lowest BCUT2D eigenvalue weighted by Crippen LogP contribution is -2.49. The van der Waals surface area contributed by atoms with Crippen LogP contribution in [-0.2, 0) is 4.74 Å². The van der Waals surface area contributed by atoms with Crippen molar-refractivity contribution in [2.24, 2.45) is 0 Å². The van der Waals surface area contributed by atoms with Crippen molar-refractivity contribution in [3.05, 3.63) is 0 Å². The molecule has 3 heteroatoms. The second-order valence-electron chi connectivity index (χ2n) is 5.97. The molecule has 2 rings (SSSR count). The van der Waals surface area contributed by atoms with Crippen LogP contribution in [0.3, 0.4) is 0 Å². The second kappa shape index (κ2) is 7.46. The summed E-state index contributed by atoms with van der Waals surface area (Å²) in [4.78, 5) is 2.69. The smallest absolute Gasteiger partial charge is 0.0698 e. The minimum atomic E-state index is 0.475. The van der Waals surface area contributed by atoms with Gasteiger partial charge in [0.2, 0.25) is 0 Å². The lowest BCUT2D eigenvalue weighted by Gasteiger charge is -2.41. The Balaban J connectivity index is 1.80. The molecule has 3 atom stereocenters. The van der Waals surface area contributed by atoms with E-state index in [4.69, 9.17) is 4.74 Å². The van der Waals surface area contributed by atoms with Crippen molar-refractivity contribution in [3.8, 4) is 0 Å². The molecule has 0 amide bonds. The number of hydrogen-bond donors (Lipinski definition) is 1. The second-order valence-corrected chi connectivity index (χ2v) is 5.97. The van der Waals surface area contributed by atoms with Gasteiger partial charge in [-0.3, -0.25) is 4.90 Å². The summed E-state index contributed by atoms with van der Waals surface area (Å²) in [6.45, 7) is 5.87. The molecule has 0 bridgehead atoms. The van der Waals surface area contributed by atoms with Crippen LogP contribution in [0.4, 0.5) is 0 Å². The summed E-state index contributed by atoms with van der Waals surface area (Å²) in [6.07, 6.45) is 9.77. The van der Waals surface area contributed by atoms with Crippen molar-refractivity contribution in [1.29, 1.82) is 0 Å². The van der Waals surface area contributed by atoms with Crippen LogP contribution in [0.2, 0.25) is 0 Å². The predicted molar refractivity (Wildman–Crippen MR) is 75.9 cm³/mol. The summed E-state index contributed by atoms with van der Waals surface area (Å²) in [7, 11) is 1.86. The first-order valence-electron chi connectivity index (χ1n) is 7.83. The van der Waals surface area contributed by atoms with Gasteiger partial charge in [-0.15, -0.1) is 0 Å². The Morgan fingerprint density at radius 2 is 2.11 bits per heavy atom. The molecular weight excluding hydrogens is 224 g/mol. The molecule has 1 heterocycles. The predicted octanol–water partition coefficient (Wildman–Crippen LogP) is 2.41. The van der Waals surface area contributed by atoms with Crippen LogP contribution in [0, 0.1) is 0 Å². The molecular formula is C15H30N2O. The molecule has 1 saturated carbocycles. The molecule has 2 fully saturated rings. The summed E-state index contributed by atoms with van der Waals surface area (Å²) in [6, 6.07) is 1.55. The summed E-state index contributed by atoms with van der Waals surface area (Å²) < 4.78 is 5.55. The van der Waals surface area contributed by atoms with E-state index in [1.807, 2.05) is 7.11 Å². The average Bonchev–Trinajstić information content (AvgIpc) is 2.45. The first-order valence-corrected chi connectivity index (χ1v) is 7.83. The van der Waals surface area contributed by atoms with Crippen molar-refractivity contribution in [2.75, 3.05) is 26.7 Å². The van der Waals surface area contributed by atoms with Crippen molar-refractivity contribution in [1.82, 2.24) is 10.2 Å². The molecule has 3 nitrogen and oxygen atoms in total. The highest BCUT2D eigenvalue weighted by molar-refractivity contribution is 4.86. The molecule has 1 aliphatic carbocycles. The van der Waals surface area contributed by atoms with E-state index in [-0.39, 0.29) is 0 Å². The summed E-state index contributed by atoms with van der Waals surface area (Å²) in [5.41, 5.74) is 0. The van der Waals surface area contributed by atoms with Crippen molar-refractivity contribution in [3.63, 3.8) is 0 Å². The minimum Gasteiger partial charge on any atom is -0.380 e. The fourth-order valence-electron chi connectivity index (χ4n) is 3.52. The molecule has 1 aliphatic heterocycles. The highest BCUT2D eigenvalue weighted by atomic mass is 16.5.